The Bertz CT molecular complexity index is 1050. The Kier molecular flexibility index (Phi) is 2.64. The van der Waals surface area contributed by atoms with Crippen molar-refractivity contribution in [1.82, 2.24) is 9.97 Å². The second kappa shape index (κ2) is 4.83. The molecular formula is C19H14N4O. The zero-order chi connectivity index (χ0) is 16.1. The van der Waals surface area contributed by atoms with Crippen LogP contribution < -0.4 is 10.0 Å². The smallest absolute Gasteiger partial charge is 0.180 e. The van der Waals surface area contributed by atoms with Gasteiger partial charge in [0.25, 0.3) is 0 Å². The van der Waals surface area contributed by atoms with Crippen molar-refractivity contribution in [3.8, 4) is 11.1 Å². The predicted molar refractivity (Wildman–Crippen MR) is 92.4 cm³/mol. The zero-order valence-corrected chi connectivity index (χ0v) is 12.7. The molecule has 0 fully saturated rings. The van der Waals surface area contributed by atoms with Gasteiger partial charge in [0.2, 0.25) is 0 Å². The highest BCUT2D eigenvalue weighted by atomic mass is 16.5. The fourth-order valence-corrected chi connectivity index (χ4v) is 3.49. The third-order valence-corrected chi connectivity index (χ3v) is 4.59. The van der Waals surface area contributed by atoms with Crippen molar-refractivity contribution in [3.05, 3.63) is 83.6 Å². The maximum atomic E-state index is 11.4. The first-order chi connectivity index (χ1) is 11.8. The Balaban J connectivity index is 1.83. The van der Waals surface area contributed by atoms with E-state index in [1.54, 1.807) is 0 Å². The number of pyridine rings is 2. The number of para-hydroxylation sites is 1. The number of H-pyrrole nitrogens is 1. The van der Waals surface area contributed by atoms with Crippen molar-refractivity contribution in [3.63, 3.8) is 0 Å². The molecule has 1 atom stereocenters. The SMILES string of the molecule is [O-][n+]1ccc(C2Nc3ccccc3-c3ccnc4[nH]cc2c34)cc1. The molecule has 1 aliphatic heterocycles. The Morgan fingerprint density at radius 3 is 2.71 bits per heavy atom. The molecule has 0 spiro atoms. The molecule has 24 heavy (non-hydrogen) atoms. The van der Waals surface area contributed by atoms with Gasteiger partial charge in [0.15, 0.2) is 12.4 Å². The monoisotopic (exact) mass is 314 g/mol. The minimum Gasteiger partial charge on any atom is -0.619 e. The number of hydrogen-bond acceptors (Lipinski definition) is 3. The molecule has 2 N–H and O–H groups in total. The first kappa shape index (κ1) is 13.1. The van der Waals surface area contributed by atoms with Crippen LogP contribution in [0.1, 0.15) is 17.2 Å². The Hall–Kier alpha value is -3.34. The molecule has 0 aliphatic carbocycles. The molecule has 0 amide bonds. The number of hydrogen-bond donors (Lipinski definition) is 2. The molecule has 0 saturated heterocycles. The van der Waals surface area contributed by atoms with E-state index in [0.29, 0.717) is 0 Å². The van der Waals surface area contributed by atoms with Crippen LogP contribution in [0.15, 0.2) is 67.3 Å². The van der Waals surface area contributed by atoms with E-state index in [1.165, 1.54) is 12.4 Å². The summed E-state index contributed by atoms with van der Waals surface area (Å²) in [5.74, 6) is 0. The van der Waals surface area contributed by atoms with Crippen LogP contribution in [0.4, 0.5) is 5.69 Å². The minimum atomic E-state index is -0.0495. The van der Waals surface area contributed by atoms with Crippen LogP contribution in [-0.4, -0.2) is 9.97 Å². The first-order valence-electron chi connectivity index (χ1n) is 7.82. The minimum absolute atomic E-state index is 0.0495. The third kappa shape index (κ3) is 1.81. The maximum absolute atomic E-state index is 11.4. The molecule has 0 bridgehead atoms. The number of fused-ring (bicyclic) bond motifs is 2. The van der Waals surface area contributed by atoms with Crippen molar-refractivity contribution in [2.75, 3.05) is 5.32 Å². The number of nitrogens with one attached hydrogen (secondary N) is 2. The van der Waals surface area contributed by atoms with Gasteiger partial charge >= 0.3 is 0 Å². The molecule has 1 unspecified atom stereocenters. The topological polar surface area (TPSA) is 67.7 Å². The van der Waals surface area contributed by atoms with Gasteiger partial charge in [-0.3, -0.25) is 0 Å². The van der Waals surface area contributed by atoms with E-state index in [-0.39, 0.29) is 6.04 Å². The van der Waals surface area contributed by atoms with Gasteiger partial charge < -0.3 is 15.5 Å². The fourth-order valence-electron chi connectivity index (χ4n) is 3.49. The molecule has 0 radical (unpaired) electrons. The molecule has 5 rings (SSSR count). The molecule has 1 aromatic carbocycles. The molecule has 3 aromatic heterocycles. The number of benzene rings is 1. The van der Waals surface area contributed by atoms with Crippen molar-refractivity contribution < 1.29 is 4.73 Å². The highest BCUT2D eigenvalue weighted by Crippen LogP contribution is 2.43. The van der Waals surface area contributed by atoms with Crippen LogP contribution in [-0.2, 0) is 0 Å². The second-order valence-corrected chi connectivity index (χ2v) is 5.94. The summed E-state index contributed by atoms with van der Waals surface area (Å²) in [4.78, 5) is 7.74. The van der Waals surface area contributed by atoms with Crippen molar-refractivity contribution in [2.24, 2.45) is 0 Å². The van der Waals surface area contributed by atoms with Gasteiger partial charge in [0.05, 0.1) is 6.04 Å². The van der Waals surface area contributed by atoms with Gasteiger partial charge in [-0.05, 0) is 23.3 Å². The summed E-state index contributed by atoms with van der Waals surface area (Å²) in [6.45, 7) is 0. The number of aromatic nitrogens is 3. The van der Waals surface area contributed by atoms with Crippen LogP contribution in [0.25, 0.3) is 22.2 Å². The summed E-state index contributed by atoms with van der Waals surface area (Å²) < 4.78 is 0.802. The lowest BCUT2D eigenvalue weighted by Gasteiger charge is -2.19. The third-order valence-electron chi connectivity index (χ3n) is 4.59. The lowest BCUT2D eigenvalue weighted by Crippen LogP contribution is -2.24. The highest BCUT2D eigenvalue weighted by molar-refractivity contribution is 6.01. The zero-order valence-electron chi connectivity index (χ0n) is 12.7. The van der Waals surface area contributed by atoms with E-state index < -0.39 is 0 Å². The van der Waals surface area contributed by atoms with Crippen LogP contribution in [0, 0.1) is 5.21 Å². The Morgan fingerprint density at radius 2 is 1.83 bits per heavy atom. The summed E-state index contributed by atoms with van der Waals surface area (Å²) in [6, 6.07) is 14.0. The second-order valence-electron chi connectivity index (χ2n) is 5.94. The number of anilines is 1. The molecule has 1 aliphatic rings. The van der Waals surface area contributed by atoms with Crippen molar-refractivity contribution >= 4 is 16.7 Å². The van der Waals surface area contributed by atoms with E-state index in [0.717, 1.165) is 43.7 Å². The van der Waals surface area contributed by atoms with Gasteiger partial charge in [0.1, 0.15) is 5.65 Å². The predicted octanol–water partition coefficient (Wildman–Crippen LogP) is 3.38. The van der Waals surface area contributed by atoms with E-state index in [1.807, 2.05) is 36.7 Å². The normalized spacial score (nSPS) is 15.6. The van der Waals surface area contributed by atoms with E-state index in [9.17, 15) is 5.21 Å². The van der Waals surface area contributed by atoms with Gasteiger partial charge in [-0.15, -0.1) is 0 Å². The highest BCUT2D eigenvalue weighted by Gasteiger charge is 2.26. The van der Waals surface area contributed by atoms with Crippen LogP contribution in [0.3, 0.4) is 0 Å². The lowest BCUT2D eigenvalue weighted by molar-refractivity contribution is -0.605. The van der Waals surface area contributed by atoms with E-state index in [4.69, 9.17) is 0 Å². The number of rotatable bonds is 1. The van der Waals surface area contributed by atoms with Gasteiger partial charge in [-0.2, -0.15) is 4.73 Å². The molecule has 5 heteroatoms. The Morgan fingerprint density at radius 1 is 1.00 bits per heavy atom. The molecule has 0 saturated carbocycles. The standard InChI is InChI=1S/C19H14N4O/c24-23-9-6-12(7-10-23)18-15-11-21-19-17(15)14(5-8-20-19)13-3-1-2-4-16(13)22-18/h1-11,18,22H,(H,20,21). The van der Waals surface area contributed by atoms with Crippen molar-refractivity contribution in [1.29, 1.82) is 0 Å². The Labute approximate surface area is 138 Å². The van der Waals surface area contributed by atoms with E-state index in [2.05, 4.69) is 33.5 Å². The average molecular weight is 314 g/mol. The summed E-state index contributed by atoms with van der Waals surface area (Å²) in [5.41, 5.74) is 6.44. The average Bonchev–Trinajstić information content (AvgIpc) is 2.98. The quantitative estimate of drug-likeness (QED) is 0.418. The van der Waals surface area contributed by atoms with Gasteiger partial charge in [-0.25, -0.2) is 4.98 Å². The van der Waals surface area contributed by atoms with Crippen LogP contribution >= 0.6 is 0 Å². The summed E-state index contributed by atoms with van der Waals surface area (Å²) in [7, 11) is 0. The van der Waals surface area contributed by atoms with E-state index >= 15 is 0 Å². The molecule has 5 nitrogen and oxygen atoms in total. The van der Waals surface area contributed by atoms with Crippen molar-refractivity contribution in [2.45, 2.75) is 6.04 Å². The molecule has 4 heterocycles. The molecular weight excluding hydrogens is 300 g/mol. The maximum Gasteiger partial charge on any atom is 0.180 e. The van der Waals surface area contributed by atoms with Gasteiger partial charge in [0, 0.05) is 46.7 Å². The van der Waals surface area contributed by atoms with Crippen LogP contribution in [0.2, 0.25) is 0 Å². The number of aromatic amines is 1. The van der Waals surface area contributed by atoms with Gasteiger partial charge in [-0.1, -0.05) is 18.2 Å². The molecule has 4 aromatic rings. The summed E-state index contributed by atoms with van der Waals surface area (Å²) in [5, 5.41) is 16.1. The summed E-state index contributed by atoms with van der Waals surface area (Å²) >= 11 is 0. The fraction of sp³-hybridized carbons (Fsp3) is 0.0526. The number of nitrogens with zero attached hydrogens (tertiary/aromatic N) is 2. The molecule has 116 valence electrons. The summed E-state index contributed by atoms with van der Waals surface area (Å²) in [6.07, 6.45) is 6.89. The lowest BCUT2D eigenvalue weighted by atomic mass is 9.97. The first-order valence-corrected chi connectivity index (χ1v) is 7.82. The largest absolute Gasteiger partial charge is 0.619 e. The van der Waals surface area contributed by atoms with Crippen LogP contribution in [0.5, 0.6) is 0 Å².